The standard InChI is InChI=1S/C23H28ClNO2S/c24-18-13-14-22-20(17-18)25-23(26)19-11-7-8-12-21(19)27-15-9-5-3-1-2-4-6-10-16-28-22/h7-8,11-14,17H,1-6,9-10,15-16H2,(H,25,26). The van der Waals surface area contributed by atoms with Crippen LogP contribution in [-0.4, -0.2) is 18.3 Å². The molecule has 2 aromatic rings. The number of nitrogens with one attached hydrogen (secondary N) is 1. The summed E-state index contributed by atoms with van der Waals surface area (Å²) >= 11 is 7.96. The molecule has 3 nitrogen and oxygen atoms in total. The maximum Gasteiger partial charge on any atom is 0.259 e. The number of ether oxygens (including phenoxy) is 1. The third-order valence-corrected chi connectivity index (χ3v) is 6.27. The Morgan fingerprint density at radius 2 is 1.61 bits per heavy atom. The zero-order chi connectivity index (χ0) is 19.6. The highest BCUT2D eigenvalue weighted by Crippen LogP contribution is 2.32. The maximum absolute atomic E-state index is 12.9. The molecule has 0 bridgehead atoms. The Morgan fingerprint density at radius 3 is 2.43 bits per heavy atom. The lowest BCUT2D eigenvalue weighted by atomic mass is 10.1. The summed E-state index contributed by atoms with van der Waals surface area (Å²) in [5.41, 5.74) is 1.32. The number of fused-ring (bicyclic) bond motifs is 2. The molecule has 0 radical (unpaired) electrons. The summed E-state index contributed by atoms with van der Waals surface area (Å²) in [6.45, 7) is 0.641. The van der Waals surface area contributed by atoms with Gasteiger partial charge in [-0.2, -0.15) is 0 Å². The summed E-state index contributed by atoms with van der Waals surface area (Å²) in [6, 6.07) is 13.1. The van der Waals surface area contributed by atoms with Crippen LogP contribution in [0, 0.1) is 0 Å². The fourth-order valence-electron chi connectivity index (χ4n) is 3.32. The molecule has 1 aliphatic heterocycles. The van der Waals surface area contributed by atoms with Crippen molar-refractivity contribution in [2.45, 2.75) is 56.3 Å². The van der Waals surface area contributed by atoms with Gasteiger partial charge in [-0.15, -0.1) is 11.8 Å². The molecule has 0 aliphatic carbocycles. The van der Waals surface area contributed by atoms with Crippen molar-refractivity contribution in [3.05, 3.63) is 53.1 Å². The number of para-hydroxylation sites is 1. The molecule has 1 N–H and O–H groups in total. The van der Waals surface area contributed by atoms with Crippen molar-refractivity contribution < 1.29 is 9.53 Å². The second kappa shape index (κ2) is 11.4. The summed E-state index contributed by atoms with van der Waals surface area (Å²) in [7, 11) is 0. The van der Waals surface area contributed by atoms with E-state index in [4.69, 9.17) is 16.3 Å². The van der Waals surface area contributed by atoms with Crippen molar-refractivity contribution in [1.82, 2.24) is 0 Å². The average Bonchev–Trinajstić information content (AvgIpc) is 2.70. The Bertz CT molecular complexity index is 781. The lowest BCUT2D eigenvalue weighted by Gasteiger charge is -2.14. The van der Waals surface area contributed by atoms with Gasteiger partial charge in [-0.3, -0.25) is 4.79 Å². The van der Waals surface area contributed by atoms with Crippen LogP contribution in [0.1, 0.15) is 61.7 Å². The first-order valence-electron chi connectivity index (χ1n) is 10.2. The molecular formula is C23H28ClNO2S. The van der Waals surface area contributed by atoms with Gasteiger partial charge in [0.1, 0.15) is 5.75 Å². The molecule has 0 saturated carbocycles. The van der Waals surface area contributed by atoms with E-state index in [1.807, 2.05) is 36.4 Å². The lowest BCUT2D eigenvalue weighted by Crippen LogP contribution is -2.14. The molecule has 1 amide bonds. The van der Waals surface area contributed by atoms with Gasteiger partial charge in [0.25, 0.3) is 5.91 Å². The van der Waals surface area contributed by atoms with E-state index in [9.17, 15) is 4.79 Å². The van der Waals surface area contributed by atoms with Crippen LogP contribution in [-0.2, 0) is 0 Å². The number of carbonyl (C=O) groups excluding carboxylic acids is 1. The predicted molar refractivity (Wildman–Crippen MR) is 119 cm³/mol. The molecule has 0 aromatic heterocycles. The van der Waals surface area contributed by atoms with Gasteiger partial charge < -0.3 is 10.1 Å². The molecule has 0 saturated heterocycles. The Morgan fingerprint density at radius 1 is 0.893 bits per heavy atom. The van der Waals surface area contributed by atoms with Crippen LogP contribution in [0.5, 0.6) is 5.75 Å². The van der Waals surface area contributed by atoms with E-state index in [-0.39, 0.29) is 5.91 Å². The number of hydrogen-bond acceptors (Lipinski definition) is 3. The van der Waals surface area contributed by atoms with E-state index in [0.717, 1.165) is 22.8 Å². The summed E-state index contributed by atoms with van der Waals surface area (Å²) in [6.07, 6.45) is 9.82. The normalized spacial score (nSPS) is 17.2. The summed E-state index contributed by atoms with van der Waals surface area (Å²) < 4.78 is 5.92. The third kappa shape index (κ3) is 6.46. The monoisotopic (exact) mass is 417 g/mol. The highest BCUT2D eigenvalue weighted by molar-refractivity contribution is 7.99. The highest BCUT2D eigenvalue weighted by atomic mass is 35.5. The van der Waals surface area contributed by atoms with E-state index < -0.39 is 0 Å². The maximum atomic E-state index is 12.9. The van der Waals surface area contributed by atoms with Crippen molar-refractivity contribution in [3.8, 4) is 5.75 Å². The first-order chi connectivity index (χ1) is 13.7. The molecule has 0 fully saturated rings. The van der Waals surface area contributed by atoms with Gasteiger partial charge in [-0.1, -0.05) is 62.3 Å². The quantitative estimate of drug-likeness (QED) is 0.492. The van der Waals surface area contributed by atoms with Crippen molar-refractivity contribution in [2.24, 2.45) is 0 Å². The van der Waals surface area contributed by atoms with Crippen molar-refractivity contribution in [2.75, 3.05) is 17.7 Å². The first kappa shape index (κ1) is 21.1. The van der Waals surface area contributed by atoms with Crippen LogP contribution in [0.25, 0.3) is 0 Å². The Labute approximate surface area is 177 Å². The largest absolute Gasteiger partial charge is 0.493 e. The van der Waals surface area contributed by atoms with E-state index in [1.165, 1.54) is 44.9 Å². The number of benzene rings is 2. The number of rotatable bonds is 0. The van der Waals surface area contributed by atoms with Gasteiger partial charge in [0.2, 0.25) is 0 Å². The SMILES string of the molecule is O=C1Nc2cc(Cl)ccc2SCCCCCCCCCCOc2ccccc21. The number of thioether (sulfide) groups is 1. The van der Waals surface area contributed by atoms with Crippen molar-refractivity contribution >= 4 is 35.0 Å². The third-order valence-electron chi connectivity index (χ3n) is 4.88. The van der Waals surface area contributed by atoms with Gasteiger partial charge in [-0.25, -0.2) is 0 Å². The van der Waals surface area contributed by atoms with E-state index in [0.29, 0.717) is 22.9 Å². The zero-order valence-electron chi connectivity index (χ0n) is 16.2. The van der Waals surface area contributed by atoms with Crippen LogP contribution in [0.4, 0.5) is 5.69 Å². The lowest BCUT2D eigenvalue weighted by molar-refractivity contribution is 0.102. The molecule has 1 aliphatic rings. The number of halogens is 1. The Kier molecular flexibility index (Phi) is 8.56. The van der Waals surface area contributed by atoms with Crippen LogP contribution < -0.4 is 10.1 Å². The number of anilines is 1. The number of hydrogen-bond donors (Lipinski definition) is 1. The van der Waals surface area contributed by atoms with Crippen LogP contribution >= 0.6 is 23.4 Å². The molecule has 1 heterocycles. The molecule has 28 heavy (non-hydrogen) atoms. The second-order valence-corrected chi connectivity index (χ2v) is 8.69. The molecule has 5 heteroatoms. The summed E-state index contributed by atoms with van der Waals surface area (Å²) in [5, 5.41) is 3.65. The second-order valence-electron chi connectivity index (χ2n) is 7.12. The number of carbonyl (C=O) groups is 1. The Hall–Kier alpha value is -1.65. The molecule has 150 valence electrons. The van der Waals surface area contributed by atoms with Crippen molar-refractivity contribution in [3.63, 3.8) is 0 Å². The molecule has 0 unspecified atom stereocenters. The topological polar surface area (TPSA) is 38.3 Å². The Balaban J connectivity index is 1.79. The van der Waals surface area contributed by atoms with Gasteiger partial charge >= 0.3 is 0 Å². The molecule has 0 spiro atoms. The van der Waals surface area contributed by atoms with E-state index >= 15 is 0 Å². The summed E-state index contributed by atoms with van der Waals surface area (Å²) in [5.74, 6) is 1.52. The van der Waals surface area contributed by atoms with Crippen molar-refractivity contribution in [1.29, 1.82) is 0 Å². The summed E-state index contributed by atoms with van der Waals surface area (Å²) in [4.78, 5) is 14.0. The smallest absolute Gasteiger partial charge is 0.259 e. The minimum atomic E-state index is -0.166. The highest BCUT2D eigenvalue weighted by Gasteiger charge is 2.15. The van der Waals surface area contributed by atoms with E-state index in [1.54, 1.807) is 17.8 Å². The minimum absolute atomic E-state index is 0.166. The zero-order valence-corrected chi connectivity index (χ0v) is 17.8. The molecule has 0 atom stereocenters. The van der Waals surface area contributed by atoms with Gasteiger partial charge in [0.05, 0.1) is 17.9 Å². The molecular weight excluding hydrogens is 390 g/mol. The van der Waals surface area contributed by atoms with Gasteiger partial charge in [0, 0.05) is 9.92 Å². The van der Waals surface area contributed by atoms with Crippen LogP contribution in [0.2, 0.25) is 5.02 Å². The fourth-order valence-corrected chi connectivity index (χ4v) is 4.49. The van der Waals surface area contributed by atoms with E-state index in [2.05, 4.69) is 5.32 Å². The first-order valence-corrected chi connectivity index (χ1v) is 11.6. The van der Waals surface area contributed by atoms with Crippen LogP contribution in [0.15, 0.2) is 47.4 Å². The molecule has 2 aromatic carbocycles. The number of amides is 1. The van der Waals surface area contributed by atoms with Gasteiger partial charge in [-0.05, 0) is 48.9 Å². The van der Waals surface area contributed by atoms with Gasteiger partial charge in [0.15, 0.2) is 0 Å². The fraction of sp³-hybridized carbons (Fsp3) is 0.435. The minimum Gasteiger partial charge on any atom is -0.493 e. The molecule has 3 rings (SSSR count). The average molecular weight is 418 g/mol. The predicted octanol–water partition coefficient (Wildman–Crippen LogP) is 7.20. The van der Waals surface area contributed by atoms with Crippen LogP contribution in [0.3, 0.4) is 0 Å².